The second-order valence-corrected chi connectivity index (χ2v) is 8.68. The van der Waals surface area contributed by atoms with E-state index in [0.29, 0.717) is 25.0 Å². The number of nitrogens with zero attached hydrogens (tertiary/aromatic N) is 3. The highest BCUT2D eigenvalue weighted by Gasteiger charge is 2.25. The zero-order chi connectivity index (χ0) is 26.0. The summed E-state index contributed by atoms with van der Waals surface area (Å²) in [5.41, 5.74) is -0.775. The van der Waals surface area contributed by atoms with E-state index in [9.17, 15) is 24.0 Å². The maximum absolute atomic E-state index is 13.2. The maximum atomic E-state index is 13.2. The molecule has 0 radical (unpaired) electrons. The molecule has 188 valence electrons. The number of H-pyrrole nitrogens is 1. The minimum absolute atomic E-state index is 0.00395. The first-order valence-corrected chi connectivity index (χ1v) is 11.3. The normalized spacial score (nSPS) is 17.1. The minimum Gasteiger partial charge on any atom is -0.465 e. The van der Waals surface area contributed by atoms with Gasteiger partial charge < -0.3 is 19.7 Å². The number of aromatic amines is 1. The Bertz CT molecular complexity index is 1410. The zero-order valence-electron chi connectivity index (χ0n) is 20.0. The van der Waals surface area contributed by atoms with Gasteiger partial charge in [-0.05, 0) is 37.0 Å². The van der Waals surface area contributed by atoms with Gasteiger partial charge in [-0.1, -0.05) is 6.92 Å². The van der Waals surface area contributed by atoms with Crippen LogP contribution in [0.15, 0.2) is 28.0 Å². The molecule has 2 N–H and O–H groups in total. The number of carbonyl (C=O) groups excluding carboxylic acids is 4. The van der Waals surface area contributed by atoms with Crippen molar-refractivity contribution in [3.63, 3.8) is 0 Å². The number of amides is 2. The van der Waals surface area contributed by atoms with Crippen LogP contribution in [-0.2, 0) is 19.1 Å². The van der Waals surface area contributed by atoms with Gasteiger partial charge in [0.05, 0.1) is 37.0 Å². The summed E-state index contributed by atoms with van der Waals surface area (Å²) < 4.78 is 9.40. The number of piperidine rings is 1. The Morgan fingerprint density at radius 3 is 2.36 bits per heavy atom. The van der Waals surface area contributed by atoms with Gasteiger partial charge in [-0.3, -0.25) is 19.4 Å². The maximum Gasteiger partial charge on any atom is 0.337 e. The topological polar surface area (TPSA) is 160 Å². The molecule has 2 aliphatic heterocycles. The summed E-state index contributed by atoms with van der Waals surface area (Å²) in [5.74, 6) is -2.15. The molecular weight excluding hydrogens is 470 g/mol. The number of carbonyl (C=O) groups is 4. The van der Waals surface area contributed by atoms with Gasteiger partial charge in [-0.25, -0.2) is 9.59 Å². The molecule has 12 heteroatoms. The van der Waals surface area contributed by atoms with E-state index < -0.39 is 35.7 Å². The Hall–Kier alpha value is -4.35. The summed E-state index contributed by atoms with van der Waals surface area (Å²) in [5, 5.41) is 2.45. The summed E-state index contributed by atoms with van der Waals surface area (Å²) in [6.07, 6.45) is 1.60. The third kappa shape index (κ3) is 5.02. The van der Waals surface area contributed by atoms with E-state index in [1.54, 1.807) is 0 Å². The molecule has 12 nitrogen and oxygen atoms in total. The van der Waals surface area contributed by atoms with Crippen molar-refractivity contribution >= 4 is 41.0 Å². The quantitative estimate of drug-likeness (QED) is 0.541. The van der Waals surface area contributed by atoms with Crippen LogP contribution in [-0.4, -0.2) is 61.0 Å². The van der Waals surface area contributed by atoms with E-state index >= 15 is 0 Å². The predicted octanol–water partition coefficient (Wildman–Crippen LogP) is -0.0813. The number of ether oxygens (including phenoxy) is 2. The molecule has 2 amide bonds. The van der Waals surface area contributed by atoms with Crippen molar-refractivity contribution in [3.05, 3.63) is 50.4 Å². The number of rotatable bonds is 5. The highest BCUT2D eigenvalue weighted by molar-refractivity contribution is 6.23. The van der Waals surface area contributed by atoms with Crippen LogP contribution in [0.3, 0.4) is 0 Å². The molecule has 1 aromatic heterocycles. The van der Waals surface area contributed by atoms with E-state index in [4.69, 9.17) is 9.47 Å². The van der Waals surface area contributed by atoms with E-state index in [0.717, 1.165) is 12.8 Å². The molecule has 2 aromatic rings. The van der Waals surface area contributed by atoms with Crippen LogP contribution in [0.4, 0.5) is 11.6 Å². The van der Waals surface area contributed by atoms with Gasteiger partial charge in [-0.2, -0.15) is 9.98 Å². The summed E-state index contributed by atoms with van der Waals surface area (Å²) >= 11 is 0. The lowest BCUT2D eigenvalue weighted by Gasteiger charge is -2.31. The Kier molecular flexibility index (Phi) is 6.95. The van der Waals surface area contributed by atoms with Crippen molar-refractivity contribution in [2.45, 2.75) is 26.2 Å². The number of methoxy groups -OCH3 is 2. The third-order valence-corrected chi connectivity index (χ3v) is 6.01. The Balaban J connectivity index is 1.75. The zero-order valence-corrected chi connectivity index (χ0v) is 20.0. The van der Waals surface area contributed by atoms with Crippen LogP contribution >= 0.6 is 0 Å². The molecule has 3 heterocycles. The van der Waals surface area contributed by atoms with Gasteiger partial charge in [0, 0.05) is 24.4 Å². The van der Waals surface area contributed by atoms with E-state index in [1.807, 2.05) is 4.90 Å². The number of hydrogen-bond acceptors (Lipinski definition) is 9. The Morgan fingerprint density at radius 2 is 1.75 bits per heavy atom. The molecule has 0 aliphatic carbocycles. The number of nitrogens with one attached hydrogen (secondary N) is 2. The smallest absolute Gasteiger partial charge is 0.337 e. The highest BCUT2D eigenvalue weighted by Crippen LogP contribution is 2.20. The van der Waals surface area contributed by atoms with Crippen molar-refractivity contribution in [2.75, 3.05) is 37.5 Å². The van der Waals surface area contributed by atoms with Crippen LogP contribution < -0.4 is 26.5 Å². The predicted molar refractivity (Wildman–Crippen MR) is 127 cm³/mol. The summed E-state index contributed by atoms with van der Waals surface area (Å²) in [4.78, 5) is 75.6. The molecule has 0 saturated carbocycles. The fraction of sp³-hybridized carbons (Fsp3) is 0.375. The molecule has 1 saturated heterocycles. The Morgan fingerprint density at radius 1 is 1.08 bits per heavy atom. The number of anilines is 2. The van der Waals surface area contributed by atoms with E-state index in [1.165, 1.54) is 32.4 Å². The number of aromatic nitrogens is 2. The molecule has 1 unspecified atom stereocenters. The highest BCUT2D eigenvalue weighted by atomic mass is 16.5. The van der Waals surface area contributed by atoms with Gasteiger partial charge in [0.15, 0.2) is 5.49 Å². The molecule has 36 heavy (non-hydrogen) atoms. The standard InChI is InChI=1S/C24H25N5O7/c1-12-5-4-6-29(11-12)24-27-19-18(21(32)28-24)16(10-17(30)26-19)20(31)25-15-8-13(22(33)35-2)7-14(9-15)23(34)36-3/h7-9,12H,4-6,10-11H2,1-3H3,(H,25,31)(H,26,27,28,30,32). The molecule has 1 fully saturated rings. The second-order valence-electron chi connectivity index (χ2n) is 8.68. The van der Waals surface area contributed by atoms with Crippen molar-refractivity contribution in [2.24, 2.45) is 10.9 Å². The van der Waals surface area contributed by atoms with Crippen molar-refractivity contribution in [3.8, 4) is 0 Å². The van der Waals surface area contributed by atoms with Crippen LogP contribution in [0.1, 0.15) is 46.9 Å². The van der Waals surface area contributed by atoms with Crippen LogP contribution in [0.5, 0.6) is 0 Å². The second kappa shape index (κ2) is 10.1. The number of fused-ring (bicyclic) bond motifs is 1. The largest absolute Gasteiger partial charge is 0.465 e. The van der Waals surface area contributed by atoms with Crippen LogP contribution in [0.2, 0.25) is 0 Å². The van der Waals surface area contributed by atoms with E-state index in [2.05, 4.69) is 27.2 Å². The monoisotopic (exact) mass is 495 g/mol. The van der Waals surface area contributed by atoms with Crippen molar-refractivity contribution in [1.82, 2.24) is 9.97 Å². The molecule has 1 atom stereocenters. The van der Waals surface area contributed by atoms with Crippen molar-refractivity contribution < 1.29 is 28.7 Å². The number of hydrogen-bond donors (Lipinski definition) is 2. The lowest BCUT2D eigenvalue weighted by atomic mass is 10.0. The minimum atomic E-state index is -0.774. The van der Waals surface area contributed by atoms with Crippen molar-refractivity contribution in [1.29, 1.82) is 0 Å². The summed E-state index contributed by atoms with van der Waals surface area (Å²) in [6, 6.07) is 3.86. The first-order valence-electron chi connectivity index (χ1n) is 11.3. The van der Waals surface area contributed by atoms with Gasteiger partial charge in [-0.15, -0.1) is 0 Å². The fourth-order valence-electron chi connectivity index (χ4n) is 4.30. The molecule has 4 rings (SSSR count). The number of esters is 2. The average molecular weight is 495 g/mol. The first-order chi connectivity index (χ1) is 17.2. The third-order valence-electron chi connectivity index (χ3n) is 6.01. The van der Waals surface area contributed by atoms with Gasteiger partial charge in [0.2, 0.25) is 5.95 Å². The summed E-state index contributed by atoms with van der Waals surface area (Å²) in [6.45, 7) is 3.51. The fourth-order valence-corrected chi connectivity index (χ4v) is 4.30. The van der Waals surface area contributed by atoms with Gasteiger partial charge >= 0.3 is 11.9 Å². The SMILES string of the molecule is COC(=O)c1cc(NC(=O)C2=c3c(nc(N4CCCC(C)C4)[nH]c3=O)=NC(=O)C2)cc(C(=O)OC)c1. The average Bonchev–Trinajstić information content (AvgIpc) is 2.86. The number of benzene rings is 1. The molecule has 0 bridgehead atoms. The lowest BCUT2D eigenvalue weighted by Crippen LogP contribution is -2.51. The molecular formula is C24H25N5O7. The van der Waals surface area contributed by atoms with Gasteiger partial charge in [0.25, 0.3) is 17.4 Å². The first kappa shape index (κ1) is 24.8. The van der Waals surface area contributed by atoms with Crippen LogP contribution in [0, 0.1) is 5.92 Å². The molecule has 1 aromatic carbocycles. The molecule has 0 spiro atoms. The van der Waals surface area contributed by atoms with E-state index in [-0.39, 0.29) is 33.1 Å². The summed E-state index contributed by atoms with van der Waals surface area (Å²) in [7, 11) is 2.35. The lowest BCUT2D eigenvalue weighted by molar-refractivity contribution is -0.118. The Labute approximate surface area is 205 Å². The van der Waals surface area contributed by atoms with Crippen LogP contribution in [0.25, 0.3) is 5.57 Å². The molecule has 2 aliphatic rings. The van der Waals surface area contributed by atoms with Gasteiger partial charge in [0.1, 0.15) is 0 Å².